The van der Waals surface area contributed by atoms with E-state index in [-0.39, 0.29) is 0 Å². The average molecular weight is 492 g/mol. The van der Waals surface area contributed by atoms with Crippen molar-refractivity contribution in [3.63, 3.8) is 0 Å². The molecule has 176 valence electrons. The van der Waals surface area contributed by atoms with Gasteiger partial charge in [-0.15, -0.1) is 0 Å². The van der Waals surface area contributed by atoms with Gasteiger partial charge in [-0.2, -0.15) is 0 Å². The van der Waals surface area contributed by atoms with Crippen LogP contribution in [0.1, 0.15) is 18.1 Å². The van der Waals surface area contributed by atoms with Crippen LogP contribution in [0.25, 0.3) is 0 Å². The summed E-state index contributed by atoms with van der Waals surface area (Å²) in [6.07, 6.45) is -17.5. The number of rotatable bonds is 1. The van der Waals surface area contributed by atoms with Gasteiger partial charge in [-0.05, 0) is 0 Å². The zero-order chi connectivity index (χ0) is 24.0. The molecule has 3 nitrogen and oxygen atoms in total. The molecule has 0 aromatic heterocycles. The Balaban J connectivity index is 2.21. The Labute approximate surface area is 175 Å². The van der Waals surface area contributed by atoms with Crippen LogP contribution in [0.4, 0.5) is 39.5 Å². The van der Waals surface area contributed by atoms with Gasteiger partial charge in [0, 0.05) is 0 Å². The van der Waals surface area contributed by atoms with Crippen LogP contribution in [0, 0.1) is 0 Å². The fraction of sp³-hybridized carbons (Fsp3) is 0.368. The van der Waals surface area contributed by atoms with Gasteiger partial charge in [0.15, 0.2) is 0 Å². The van der Waals surface area contributed by atoms with Gasteiger partial charge in [-0.25, -0.2) is 0 Å². The predicted octanol–water partition coefficient (Wildman–Crippen LogP) is 5.74. The second-order valence-corrected chi connectivity index (χ2v) is 11.0. The summed E-state index contributed by atoms with van der Waals surface area (Å²) < 4.78 is 143. The third kappa shape index (κ3) is 2.39. The third-order valence-electron chi connectivity index (χ3n) is 5.85. The molecule has 4 rings (SSSR count). The van der Waals surface area contributed by atoms with Crippen molar-refractivity contribution in [3.8, 4) is 0 Å². The SMILES string of the molecule is COP12(OC(C)(C(F)(F)F)c3ccccc31)OC(C(F)(F)F)(C(F)(F)F)c1ccccc12. The quantitative estimate of drug-likeness (QED) is 0.376. The number of fused-ring (bicyclic) bond motifs is 4. The summed E-state index contributed by atoms with van der Waals surface area (Å²) in [6.45, 7) is 0.513. The second kappa shape index (κ2) is 6.16. The average Bonchev–Trinajstić information content (AvgIpc) is 3.10. The predicted molar refractivity (Wildman–Crippen MR) is 95.4 cm³/mol. The van der Waals surface area contributed by atoms with E-state index >= 15 is 0 Å². The van der Waals surface area contributed by atoms with E-state index in [2.05, 4.69) is 0 Å². The normalized spacial score (nSPS) is 26.9. The second-order valence-electron chi connectivity index (χ2n) is 7.49. The molecule has 0 amide bonds. The first-order valence-electron chi connectivity index (χ1n) is 8.92. The van der Waals surface area contributed by atoms with Crippen molar-refractivity contribution in [2.75, 3.05) is 7.11 Å². The Bertz CT molecular complexity index is 1080. The molecule has 0 radical (unpaired) electrons. The van der Waals surface area contributed by atoms with E-state index in [0.717, 1.165) is 42.5 Å². The summed E-state index contributed by atoms with van der Waals surface area (Å²) >= 11 is 0. The molecular formula is C19H14F9O3P. The van der Waals surface area contributed by atoms with Crippen LogP contribution in [0.5, 0.6) is 0 Å². The molecule has 13 heteroatoms. The van der Waals surface area contributed by atoms with Crippen molar-refractivity contribution >= 4 is 17.9 Å². The standard InChI is InChI=1S/C19H14F9O3P/c1-15(17(20,21)22)11-7-3-5-9-13(11)32(29-2,30-15)14-10-6-4-8-12(14)16(31-32,18(23,24)25)19(26,27)28/h3-10H,1-2H3. The molecule has 2 aromatic rings. The van der Waals surface area contributed by atoms with Crippen molar-refractivity contribution in [1.29, 1.82) is 0 Å². The molecule has 2 aromatic carbocycles. The zero-order valence-electron chi connectivity index (χ0n) is 16.2. The summed E-state index contributed by atoms with van der Waals surface area (Å²) in [5, 5.41) is -1.51. The number of alkyl halides is 9. The van der Waals surface area contributed by atoms with E-state index in [1.165, 1.54) is 0 Å². The van der Waals surface area contributed by atoms with Crippen molar-refractivity contribution in [1.82, 2.24) is 0 Å². The Morgan fingerprint density at radius 1 is 0.688 bits per heavy atom. The van der Waals surface area contributed by atoms with E-state index in [4.69, 9.17) is 13.6 Å². The van der Waals surface area contributed by atoms with Gasteiger partial charge in [0.25, 0.3) is 0 Å². The Hall–Kier alpha value is -1.88. The van der Waals surface area contributed by atoms with Gasteiger partial charge in [0.2, 0.25) is 0 Å². The van der Waals surface area contributed by atoms with Crippen LogP contribution in [-0.4, -0.2) is 25.6 Å². The van der Waals surface area contributed by atoms with E-state index in [1.54, 1.807) is 0 Å². The van der Waals surface area contributed by atoms with Crippen molar-refractivity contribution in [3.05, 3.63) is 59.7 Å². The molecule has 0 fully saturated rings. The zero-order valence-corrected chi connectivity index (χ0v) is 17.1. The minimum atomic E-state index is -6.12. The summed E-state index contributed by atoms with van der Waals surface area (Å²) in [7, 11) is -5.44. The van der Waals surface area contributed by atoms with E-state index in [0.29, 0.717) is 20.1 Å². The van der Waals surface area contributed by atoms with Crippen molar-refractivity contribution in [2.45, 2.75) is 36.7 Å². The van der Waals surface area contributed by atoms with Gasteiger partial charge < -0.3 is 0 Å². The Morgan fingerprint density at radius 2 is 1.12 bits per heavy atom. The van der Waals surface area contributed by atoms with Crippen LogP contribution in [-0.2, 0) is 24.8 Å². The number of hydrogen-bond acceptors (Lipinski definition) is 3. The first-order valence-corrected chi connectivity index (χ1v) is 10.9. The molecule has 1 unspecified atom stereocenters. The number of benzene rings is 2. The molecule has 2 heterocycles. The van der Waals surface area contributed by atoms with Crippen LogP contribution in [0.3, 0.4) is 0 Å². The molecule has 2 aliphatic heterocycles. The molecule has 0 saturated heterocycles. The molecule has 2 aliphatic rings. The Morgan fingerprint density at radius 3 is 1.56 bits per heavy atom. The van der Waals surface area contributed by atoms with Crippen LogP contribution in [0.2, 0.25) is 0 Å². The molecule has 1 atom stereocenters. The van der Waals surface area contributed by atoms with E-state index in [9.17, 15) is 39.5 Å². The Kier molecular flexibility index (Phi) is 4.48. The third-order valence-corrected chi connectivity index (χ3v) is 10.3. The van der Waals surface area contributed by atoms with Gasteiger partial charge in [-0.3, -0.25) is 0 Å². The van der Waals surface area contributed by atoms with Gasteiger partial charge >= 0.3 is 174 Å². The summed E-state index contributed by atoms with van der Waals surface area (Å²) in [5.74, 6) is 0. The maximum atomic E-state index is 14.2. The fourth-order valence-electron chi connectivity index (χ4n) is 4.39. The first-order chi connectivity index (χ1) is 14.5. The molecule has 0 aliphatic carbocycles. The van der Waals surface area contributed by atoms with Crippen LogP contribution < -0.4 is 10.6 Å². The monoisotopic (exact) mass is 492 g/mol. The fourth-order valence-corrected chi connectivity index (χ4v) is 9.33. The van der Waals surface area contributed by atoms with Gasteiger partial charge in [0.05, 0.1) is 0 Å². The summed E-state index contributed by atoms with van der Waals surface area (Å²) in [5.41, 5.74) is -10.4. The number of halogens is 9. The summed E-state index contributed by atoms with van der Waals surface area (Å²) in [6, 6.07) is 7.46. The van der Waals surface area contributed by atoms with Crippen molar-refractivity contribution < 1.29 is 53.1 Å². The van der Waals surface area contributed by atoms with E-state index < -0.39 is 58.8 Å². The summed E-state index contributed by atoms with van der Waals surface area (Å²) in [4.78, 5) is 0. The molecule has 0 bridgehead atoms. The first kappa shape index (κ1) is 23.3. The molecule has 32 heavy (non-hydrogen) atoms. The van der Waals surface area contributed by atoms with Crippen LogP contribution >= 0.6 is 7.28 Å². The molecule has 0 saturated carbocycles. The minimum absolute atomic E-state index is 0.506. The van der Waals surface area contributed by atoms with Crippen molar-refractivity contribution in [2.24, 2.45) is 0 Å². The van der Waals surface area contributed by atoms with Gasteiger partial charge in [0.1, 0.15) is 0 Å². The maximum absolute atomic E-state index is 14.2. The topological polar surface area (TPSA) is 27.7 Å². The number of hydrogen-bond donors (Lipinski definition) is 0. The van der Waals surface area contributed by atoms with E-state index in [1.807, 2.05) is 0 Å². The molecule has 1 spiro atoms. The molecule has 0 N–H and O–H groups in total. The molecular weight excluding hydrogens is 478 g/mol. The van der Waals surface area contributed by atoms with Gasteiger partial charge in [-0.1, -0.05) is 0 Å². The van der Waals surface area contributed by atoms with Crippen LogP contribution in [0.15, 0.2) is 48.5 Å².